The minimum atomic E-state index is 0.156. The van der Waals surface area contributed by atoms with Gasteiger partial charge in [0.15, 0.2) is 0 Å². The third-order valence-electron chi connectivity index (χ3n) is 2.98. The largest absolute Gasteiger partial charge is 0.378 e. The van der Waals surface area contributed by atoms with Crippen LogP contribution in [0, 0.1) is 0 Å². The smallest absolute Gasteiger partial charge is 0.0508 e. The average molecular weight is 261 g/mol. The van der Waals surface area contributed by atoms with Crippen LogP contribution in [0.3, 0.4) is 0 Å². The number of nitrogens with two attached hydrogens (primary N) is 1. The third-order valence-corrected chi connectivity index (χ3v) is 3.87. The molecule has 1 heterocycles. The number of anilines is 1. The van der Waals surface area contributed by atoms with E-state index >= 15 is 0 Å². The van der Waals surface area contributed by atoms with E-state index in [9.17, 15) is 0 Å². The van der Waals surface area contributed by atoms with Crippen LogP contribution in [-0.2, 0) is 6.42 Å². The van der Waals surface area contributed by atoms with E-state index in [2.05, 4.69) is 52.1 Å². The Balaban J connectivity index is 2.19. The van der Waals surface area contributed by atoms with Gasteiger partial charge in [-0.15, -0.1) is 11.3 Å². The monoisotopic (exact) mass is 261 g/mol. The summed E-state index contributed by atoms with van der Waals surface area (Å²) >= 11 is 1.77. The summed E-state index contributed by atoms with van der Waals surface area (Å²) in [5.74, 6) is 5.69. The number of benzene rings is 1. The van der Waals surface area contributed by atoms with Gasteiger partial charge in [-0.3, -0.25) is 11.3 Å². The van der Waals surface area contributed by atoms with Gasteiger partial charge in [0.1, 0.15) is 0 Å². The van der Waals surface area contributed by atoms with E-state index in [1.807, 2.05) is 14.1 Å². The van der Waals surface area contributed by atoms with E-state index in [1.54, 1.807) is 11.3 Å². The Bertz CT molecular complexity index is 480. The second kappa shape index (κ2) is 6.00. The molecule has 0 bridgehead atoms. The van der Waals surface area contributed by atoms with Crippen LogP contribution in [0.15, 0.2) is 41.8 Å². The summed E-state index contributed by atoms with van der Waals surface area (Å²) in [5, 5.41) is 2.10. The molecule has 1 aromatic carbocycles. The molecule has 1 atom stereocenters. The summed E-state index contributed by atoms with van der Waals surface area (Å²) < 4.78 is 0. The fourth-order valence-corrected chi connectivity index (χ4v) is 2.67. The molecule has 96 valence electrons. The molecule has 18 heavy (non-hydrogen) atoms. The van der Waals surface area contributed by atoms with E-state index < -0.39 is 0 Å². The van der Waals surface area contributed by atoms with Crippen molar-refractivity contribution in [2.45, 2.75) is 12.5 Å². The van der Waals surface area contributed by atoms with E-state index in [0.29, 0.717) is 0 Å². The van der Waals surface area contributed by atoms with Crippen molar-refractivity contribution in [3.63, 3.8) is 0 Å². The highest BCUT2D eigenvalue weighted by Crippen LogP contribution is 2.23. The molecule has 2 rings (SSSR count). The number of hydrogen-bond acceptors (Lipinski definition) is 4. The number of hydrogen-bond donors (Lipinski definition) is 2. The Hall–Kier alpha value is -1.36. The quantitative estimate of drug-likeness (QED) is 0.642. The number of nitrogens with one attached hydrogen (secondary N) is 1. The highest BCUT2D eigenvalue weighted by molar-refractivity contribution is 7.09. The first-order valence-electron chi connectivity index (χ1n) is 5.96. The third kappa shape index (κ3) is 3.10. The van der Waals surface area contributed by atoms with Crippen LogP contribution in [0.1, 0.15) is 16.5 Å². The Morgan fingerprint density at radius 1 is 1.28 bits per heavy atom. The summed E-state index contributed by atoms with van der Waals surface area (Å²) in [4.78, 5) is 3.44. The second-order valence-corrected chi connectivity index (χ2v) is 5.52. The molecule has 0 fully saturated rings. The van der Waals surface area contributed by atoms with Crippen LogP contribution in [0.2, 0.25) is 0 Å². The predicted molar refractivity (Wildman–Crippen MR) is 78.9 cm³/mol. The van der Waals surface area contributed by atoms with Gasteiger partial charge in [0.25, 0.3) is 0 Å². The normalized spacial score (nSPS) is 12.4. The fourth-order valence-electron chi connectivity index (χ4n) is 1.92. The number of nitrogens with zero attached hydrogens (tertiary/aromatic N) is 1. The van der Waals surface area contributed by atoms with Gasteiger partial charge >= 0.3 is 0 Å². The zero-order chi connectivity index (χ0) is 13.0. The van der Waals surface area contributed by atoms with Gasteiger partial charge < -0.3 is 4.90 Å². The zero-order valence-electron chi connectivity index (χ0n) is 10.8. The van der Waals surface area contributed by atoms with E-state index in [0.717, 1.165) is 6.42 Å². The molecule has 0 spiro atoms. The van der Waals surface area contributed by atoms with Crippen LogP contribution in [-0.4, -0.2) is 14.1 Å². The lowest BCUT2D eigenvalue weighted by molar-refractivity contribution is 0.555. The number of rotatable bonds is 5. The molecule has 0 amide bonds. The van der Waals surface area contributed by atoms with Crippen LogP contribution in [0.5, 0.6) is 0 Å². The maximum absolute atomic E-state index is 5.69. The molecule has 1 aromatic heterocycles. The Morgan fingerprint density at radius 2 is 2.11 bits per heavy atom. The minimum absolute atomic E-state index is 0.156. The first-order chi connectivity index (χ1) is 8.70. The maximum Gasteiger partial charge on any atom is 0.0508 e. The van der Waals surface area contributed by atoms with Gasteiger partial charge in [0.2, 0.25) is 0 Å². The topological polar surface area (TPSA) is 41.3 Å². The molecule has 0 aliphatic rings. The maximum atomic E-state index is 5.69. The highest BCUT2D eigenvalue weighted by atomic mass is 32.1. The number of thiophene rings is 1. The predicted octanol–water partition coefficient (Wildman–Crippen LogP) is 2.56. The van der Waals surface area contributed by atoms with Crippen molar-refractivity contribution >= 4 is 17.0 Å². The molecule has 0 saturated carbocycles. The summed E-state index contributed by atoms with van der Waals surface area (Å²) in [5.41, 5.74) is 5.32. The molecule has 3 N–H and O–H groups in total. The molecule has 0 aliphatic heterocycles. The molecule has 2 aromatic rings. The van der Waals surface area contributed by atoms with Crippen molar-refractivity contribution in [1.29, 1.82) is 0 Å². The minimum Gasteiger partial charge on any atom is -0.378 e. The van der Waals surface area contributed by atoms with Crippen LogP contribution in [0.25, 0.3) is 0 Å². The molecule has 0 aliphatic carbocycles. The zero-order valence-corrected chi connectivity index (χ0v) is 11.6. The molecule has 3 nitrogen and oxygen atoms in total. The molecule has 0 radical (unpaired) electrons. The summed E-state index contributed by atoms with van der Waals surface area (Å²) in [6, 6.07) is 12.8. The lowest BCUT2D eigenvalue weighted by atomic mass is 10.0. The van der Waals surface area contributed by atoms with Crippen molar-refractivity contribution in [3.8, 4) is 0 Å². The molecule has 4 heteroatoms. The lowest BCUT2D eigenvalue weighted by Gasteiger charge is -2.19. The standard InChI is InChI=1S/C14H19N3S/c1-17(2)12-6-3-5-11(9-12)14(16-15)10-13-7-4-8-18-13/h3-9,14,16H,10,15H2,1-2H3. The van der Waals surface area contributed by atoms with Gasteiger partial charge in [-0.1, -0.05) is 18.2 Å². The molecule has 0 saturated heterocycles. The first kappa shape index (κ1) is 13.1. The van der Waals surface area contributed by atoms with Gasteiger partial charge in [0.05, 0.1) is 6.04 Å². The van der Waals surface area contributed by atoms with Gasteiger partial charge in [-0.25, -0.2) is 0 Å². The Morgan fingerprint density at radius 3 is 2.72 bits per heavy atom. The summed E-state index contributed by atoms with van der Waals surface area (Å²) in [6.45, 7) is 0. The first-order valence-corrected chi connectivity index (χ1v) is 6.84. The SMILES string of the molecule is CN(C)c1cccc(C(Cc2cccs2)NN)c1. The van der Waals surface area contributed by atoms with Crippen molar-refractivity contribution in [1.82, 2.24) is 5.43 Å². The Kier molecular flexibility index (Phi) is 4.36. The fraction of sp³-hybridized carbons (Fsp3) is 0.286. The average Bonchev–Trinajstić information content (AvgIpc) is 2.89. The van der Waals surface area contributed by atoms with E-state index in [1.165, 1.54) is 16.1 Å². The van der Waals surface area contributed by atoms with Crippen molar-refractivity contribution in [3.05, 3.63) is 52.2 Å². The van der Waals surface area contributed by atoms with Gasteiger partial charge in [-0.2, -0.15) is 0 Å². The molecule has 1 unspecified atom stereocenters. The van der Waals surface area contributed by atoms with Crippen molar-refractivity contribution < 1.29 is 0 Å². The second-order valence-electron chi connectivity index (χ2n) is 4.49. The number of hydrazine groups is 1. The van der Waals surface area contributed by atoms with Crippen LogP contribution < -0.4 is 16.2 Å². The van der Waals surface area contributed by atoms with Crippen LogP contribution >= 0.6 is 11.3 Å². The molecular formula is C14H19N3S. The van der Waals surface area contributed by atoms with E-state index in [4.69, 9.17) is 5.84 Å². The molecular weight excluding hydrogens is 242 g/mol. The van der Waals surface area contributed by atoms with Crippen LogP contribution in [0.4, 0.5) is 5.69 Å². The van der Waals surface area contributed by atoms with Crippen molar-refractivity contribution in [2.75, 3.05) is 19.0 Å². The Labute approximate surface area is 112 Å². The summed E-state index contributed by atoms with van der Waals surface area (Å²) in [7, 11) is 4.09. The van der Waals surface area contributed by atoms with E-state index in [-0.39, 0.29) is 6.04 Å². The van der Waals surface area contributed by atoms with Gasteiger partial charge in [0, 0.05) is 31.1 Å². The van der Waals surface area contributed by atoms with Gasteiger partial charge in [-0.05, 0) is 29.1 Å². The highest BCUT2D eigenvalue weighted by Gasteiger charge is 2.12. The summed E-state index contributed by atoms with van der Waals surface area (Å²) in [6.07, 6.45) is 0.922. The lowest BCUT2D eigenvalue weighted by Crippen LogP contribution is -2.29. The van der Waals surface area contributed by atoms with Crippen molar-refractivity contribution in [2.24, 2.45) is 5.84 Å².